The molecule has 0 saturated heterocycles. The van der Waals surface area contributed by atoms with Crippen LogP contribution in [0.15, 0.2) is 29.2 Å². The lowest BCUT2D eigenvalue weighted by Gasteiger charge is -2.35. The zero-order valence-electron chi connectivity index (χ0n) is 9.96. The Labute approximate surface area is 102 Å². The molecule has 1 unspecified atom stereocenters. The highest BCUT2D eigenvalue weighted by Gasteiger charge is 2.32. The highest BCUT2D eigenvalue weighted by molar-refractivity contribution is 7.91. The summed E-state index contributed by atoms with van der Waals surface area (Å²) < 4.78 is 24.3. The summed E-state index contributed by atoms with van der Waals surface area (Å²) in [6, 6.07) is 7.22. The number of fused-ring (bicyclic) bond motifs is 1. The van der Waals surface area contributed by atoms with Crippen LogP contribution in [0.3, 0.4) is 0 Å². The van der Waals surface area contributed by atoms with Crippen LogP contribution in [0, 0.1) is 0 Å². The fourth-order valence-corrected chi connectivity index (χ4v) is 4.19. The molecule has 0 radical (unpaired) electrons. The van der Waals surface area contributed by atoms with Gasteiger partial charge in [-0.2, -0.15) is 0 Å². The minimum Gasteiger partial charge on any atom is -0.370 e. The molecular weight excluding hydrogens is 236 g/mol. The van der Waals surface area contributed by atoms with E-state index >= 15 is 0 Å². The van der Waals surface area contributed by atoms with Crippen LogP contribution in [0.5, 0.6) is 0 Å². The third-order valence-electron chi connectivity index (χ3n) is 3.28. The first-order chi connectivity index (χ1) is 8.06. The second-order valence-electron chi connectivity index (χ2n) is 4.44. The smallest absolute Gasteiger partial charge is 0.182 e. The van der Waals surface area contributed by atoms with Crippen molar-refractivity contribution in [2.24, 2.45) is 5.73 Å². The Morgan fingerprint density at radius 2 is 2.12 bits per heavy atom. The summed E-state index contributed by atoms with van der Waals surface area (Å²) in [5.41, 5.74) is 6.29. The molecule has 1 aliphatic heterocycles. The predicted molar refractivity (Wildman–Crippen MR) is 69.0 cm³/mol. The maximum Gasteiger partial charge on any atom is 0.182 e. The molecule has 0 saturated carbocycles. The maximum atomic E-state index is 12.1. The number of sulfone groups is 1. The molecule has 1 aliphatic rings. The van der Waals surface area contributed by atoms with E-state index in [1.54, 1.807) is 12.1 Å². The maximum absolute atomic E-state index is 12.1. The van der Waals surface area contributed by atoms with Gasteiger partial charge in [0.25, 0.3) is 0 Å². The van der Waals surface area contributed by atoms with Crippen molar-refractivity contribution in [3.05, 3.63) is 24.3 Å². The molecule has 0 amide bonds. The molecule has 4 nitrogen and oxygen atoms in total. The van der Waals surface area contributed by atoms with E-state index in [4.69, 9.17) is 5.73 Å². The molecule has 94 valence electrons. The summed E-state index contributed by atoms with van der Waals surface area (Å²) >= 11 is 0. The molecule has 1 atom stereocenters. The molecular formula is C12H18N2O2S. The number of benzene rings is 1. The van der Waals surface area contributed by atoms with Crippen LogP contribution in [-0.4, -0.2) is 33.8 Å². The first-order valence-corrected chi connectivity index (χ1v) is 7.46. The van der Waals surface area contributed by atoms with Crippen LogP contribution < -0.4 is 10.6 Å². The van der Waals surface area contributed by atoms with Gasteiger partial charge in [0.05, 0.1) is 16.3 Å². The van der Waals surface area contributed by atoms with Gasteiger partial charge < -0.3 is 10.6 Å². The van der Waals surface area contributed by atoms with Gasteiger partial charge in [0.2, 0.25) is 0 Å². The van der Waals surface area contributed by atoms with Crippen molar-refractivity contribution in [3.8, 4) is 0 Å². The lowest BCUT2D eigenvalue weighted by Crippen LogP contribution is -2.42. The van der Waals surface area contributed by atoms with Gasteiger partial charge in [-0.3, -0.25) is 0 Å². The molecule has 1 aromatic carbocycles. The van der Waals surface area contributed by atoms with E-state index in [0.717, 1.165) is 18.5 Å². The molecule has 0 bridgehead atoms. The summed E-state index contributed by atoms with van der Waals surface area (Å²) in [6.45, 7) is 0.603. The Morgan fingerprint density at radius 3 is 2.82 bits per heavy atom. The van der Waals surface area contributed by atoms with Crippen molar-refractivity contribution in [2.45, 2.75) is 23.8 Å². The van der Waals surface area contributed by atoms with Crippen LogP contribution >= 0.6 is 0 Å². The Balaban J connectivity index is 2.37. The van der Waals surface area contributed by atoms with Crippen LogP contribution in [0.4, 0.5) is 5.69 Å². The first kappa shape index (κ1) is 12.4. The van der Waals surface area contributed by atoms with Crippen molar-refractivity contribution < 1.29 is 8.42 Å². The highest BCUT2D eigenvalue weighted by Crippen LogP contribution is 2.33. The number of rotatable bonds is 3. The van der Waals surface area contributed by atoms with Gasteiger partial charge in [0.1, 0.15) is 0 Å². The summed E-state index contributed by atoms with van der Waals surface area (Å²) in [4.78, 5) is 2.51. The van der Waals surface area contributed by atoms with Gasteiger partial charge in [-0.25, -0.2) is 8.42 Å². The second-order valence-corrected chi connectivity index (χ2v) is 6.45. The van der Waals surface area contributed by atoms with E-state index in [-0.39, 0.29) is 11.8 Å². The predicted octanol–water partition coefficient (Wildman–Crippen LogP) is 1.02. The Bertz CT molecular complexity index is 499. The van der Waals surface area contributed by atoms with Crippen molar-refractivity contribution in [3.63, 3.8) is 0 Å². The van der Waals surface area contributed by atoms with Gasteiger partial charge in [-0.05, 0) is 31.5 Å². The van der Waals surface area contributed by atoms with Crippen LogP contribution in [-0.2, 0) is 9.84 Å². The summed E-state index contributed by atoms with van der Waals surface area (Å²) in [5, 5.41) is 0. The zero-order valence-corrected chi connectivity index (χ0v) is 10.8. The standard InChI is InChI=1S/C12H18N2O2S/c1-14-10(5-4-8-13)9-17(15,16)12-7-3-2-6-11(12)14/h2-3,6-7,10H,4-5,8-9,13H2,1H3. The van der Waals surface area contributed by atoms with Crippen LogP contribution in [0.25, 0.3) is 0 Å². The number of anilines is 1. The van der Waals surface area contributed by atoms with Gasteiger partial charge in [0, 0.05) is 13.1 Å². The second kappa shape index (κ2) is 4.66. The van der Waals surface area contributed by atoms with E-state index in [1.165, 1.54) is 0 Å². The van der Waals surface area contributed by atoms with E-state index in [0.29, 0.717) is 11.4 Å². The summed E-state index contributed by atoms with van der Waals surface area (Å²) in [5.74, 6) is 0.195. The number of hydrogen-bond donors (Lipinski definition) is 1. The molecule has 0 fully saturated rings. The molecule has 17 heavy (non-hydrogen) atoms. The quantitative estimate of drug-likeness (QED) is 0.874. The van der Waals surface area contributed by atoms with Gasteiger partial charge >= 0.3 is 0 Å². The minimum absolute atomic E-state index is 0.0402. The van der Waals surface area contributed by atoms with E-state index < -0.39 is 9.84 Å². The molecule has 1 heterocycles. The summed E-state index contributed by atoms with van der Waals surface area (Å²) in [7, 11) is -1.18. The van der Waals surface area contributed by atoms with Crippen molar-refractivity contribution >= 4 is 15.5 Å². The van der Waals surface area contributed by atoms with Gasteiger partial charge in [-0.1, -0.05) is 12.1 Å². The Kier molecular flexibility index (Phi) is 3.40. The lowest BCUT2D eigenvalue weighted by molar-refractivity contribution is 0.549. The molecule has 0 aromatic heterocycles. The van der Waals surface area contributed by atoms with E-state index in [9.17, 15) is 8.42 Å². The lowest BCUT2D eigenvalue weighted by atomic mass is 10.1. The van der Waals surface area contributed by atoms with Gasteiger partial charge in [0.15, 0.2) is 9.84 Å². The third-order valence-corrected chi connectivity index (χ3v) is 5.12. The van der Waals surface area contributed by atoms with Crippen LogP contribution in [0.1, 0.15) is 12.8 Å². The van der Waals surface area contributed by atoms with Crippen LogP contribution in [0.2, 0.25) is 0 Å². The first-order valence-electron chi connectivity index (χ1n) is 5.81. The SMILES string of the molecule is CN1c2ccccc2S(=O)(=O)CC1CCCN. The molecule has 0 aliphatic carbocycles. The number of para-hydroxylation sites is 1. The molecule has 2 rings (SSSR count). The minimum atomic E-state index is -3.14. The molecule has 1 aromatic rings. The molecule has 2 N–H and O–H groups in total. The average Bonchev–Trinajstić information content (AvgIpc) is 2.32. The zero-order chi connectivity index (χ0) is 12.5. The normalized spacial score (nSPS) is 22.2. The van der Waals surface area contributed by atoms with Crippen molar-refractivity contribution in [1.82, 2.24) is 0 Å². The average molecular weight is 254 g/mol. The largest absolute Gasteiger partial charge is 0.370 e. The van der Waals surface area contributed by atoms with Gasteiger partial charge in [-0.15, -0.1) is 0 Å². The van der Waals surface area contributed by atoms with Crippen molar-refractivity contribution in [1.29, 1.82) is 0 Å². The summed E-state index contributed by atoms with van der Waals surface area (Å²) in [6.07, 6.45) is 1.67. The fourth-order valence-electron chi connectivity index (χ4n) is 2.29. The Hall–Kier alpha value is -1.07. The Morgan fingerprint density at radius 1 is 1.41 bits per heavy atom. The van der Waals surface area contributed by atoms with E-state index in [2.05, 4.69) is 4.90 Å². The number of nitrogens with two attached hydrogens (primary N) is 1. The van der Waals surface area contributed by atoms with Crippen molar-refractivity contribution in [2.75, 3.05) is 24.2 Å². The van der Waals surface area contributed by atoms with E-state index in [1.807, 2.05) is 19.2 Å². The number of nitrogens with zero attached hydrogens (tertiary/aromatic N) is 1. The fraction of sp³-hybridized carbons (Fsp3) is 0.500. The molecule has 5 heteroatoms. The third kappa shape index (κ3) is 2.30. The number of hydrogen-bond acceptors (Lipinski definition) is 4. The highest BCUT2D eigenvalue weighted by atomic mass is 32.2. The monoisotopic (exact) mass is 254 g/mol. The topological polar surface area (TPSA) is 63.4 Å². The molecule has 0 spiro atoms.